The molecule has 1 N–H and O–H groups in total. The van der Waals surface area contributed by atoms with Crippen molar-refractivity contribution in [2.45, 2.75) is 0 Å². The van der Waals surface area contributed by atoms with Gasteiger partial charge in [0.1, 0.15) is 12.1 Å². The van der Waals surface area contributed by atoms with Crippen LogP contribution in [0, 0.1) is 0 Å². The van der Waals surface area contributed by atoms with Crippen LogP contribution in [0.3, 0.4) is 0 Å². The molecule has 0 radical (unpaired) electrons. The maximum atomic E-state index is 9.07. The van der Waals surface area contributed by atoms with Gasteiger partial charge in [0.15, 0.2) is 0 Å². The summed E-state index contributed by atoms with van der Waals surface area (Å²) in [6.07, 6.45) is 3.19. The zero-order valence-corrected chi connectivity index (χ0v) is 6.88. The smallest absolute Gasteiger partial charge is 0.116 e. The van der Waals surface area contributed by atoms with Crippen LogP contribution in [0.1, 0.15) is 0 Å². The maximum absolute atomic E-state index is 9.07. The molecule has 3 nitrogen and oxygen atoms in total. The third-order valence-electron chi connectivity index (χ3n) is 1.75. The van der Waals surface area contributed by atoms with Gasteiger partial charge in [-0.25, -0.2) is 9.97 Å². The van der Waals surface area contributed by atoms with Gasteiger partial charge in [0, 0.05) is 11.8 Å². The number of hydrogen-bond acceptors (Lipinski definition) is 3. The molecule has 0 fully saturated rings. The van der Waals surface area contributed by atoms with E-state index in [1.165, 1.54) is 6.33 Å². The Morgan fingerprint density at radius 3 is 2.38 bits per heavy atom. The standard InChI is InChI=1S/C10H8N2O/c13-9-3-1-8(2-4-9)10-5-6-11-7-12-10/h1-7,13H. The fraction of sp³-hybridized carbons (Fsp3) is 0. The highest BCUT2D eigenvalue weighted by Crippen LogP contribution is 2.18. The van der Waals surface area contributed by atoms with E-state index in [1.54, 1.807) is 18.3 Å². The third kappa shape index (κ3) is 1.64. The molecule has 0 bridgehead atoms. The van der Waals surface area contributed by atoms with Crippen LogP contribution in [0.5, 0.6) is 5.75 Å². The van der Waals surface area contributed by atoms with E-state index in [0.29, 0.717) is 0 Å². The van der Waals surface area contributed by atoms with Gasteiger partial charge in [0.05, 0.1) is 5.69 Å². The van der Waals surface area contributed by atoms with E-state index in [2.05, 4.69) is 9.97 Å². The van der Waals surface area contributed by atoms with Gasteiger partial charge < -0.3 is 5.11 Å². The van der Waals surface area contributed by atoms with Crippen molar-refractivity contribution in [3.8, 4) is 17.0 Å². The van der Waals surface area contributed by atoms with Crippen molar-refractivity contribution in [2.24, 2.45) is 0 Å². The Labute approximate surface area is 75.7 Å². The van der Waals surface area contributed by atoms with Gasteiger partial charge in [-0.2, -0.15) is 0 Å². The lowest BCUT2D eigenvalue weighted by molar-refractivity contribution is 0.475. The van der Waals surface area contributed by atoms with Gasteiger partial charge >= 0.3 is 0 Å². The second-order valence-corrected chi connectivity index (χ2v) is 2.64. The molecule has 1 heterocycles. The number of phenols is 1. The number of phenolic OH excluding ortho intramolecular Hbond substituents is 1. The number of nitrogens with zero attached hydrogens (tertiary/aromatic N) is 2. The second-order valence-electron chi connectivity index (χ2n) is 2.64. The lowest BCUT2D eigenvalue weighted by atomic mass is 10.1. The number of rotatable bonds is 1. The summed E-state index contributed by atoms with van der Waals surface area (Å²) in [5.41, 5.74) is 1.83. The first-order valence-electron chi connectivity index (χ1n) is 3.92. The summed E-state index contributed by atoms with van der Waals surface area (Å²) in [5.74, 6) is 0.262. The van der Waals surface area contributed by atoms with Crippen molar-refractivity contribution in [3.63, 3.8) is 0 Å². The molecular weight excluding hydrogens is 164 g/mol. The van der Waals surface area contributed by atoms with Gasteiger partial charge in [-0.1, -0.05) is 0 Å². The van der Waals surface area contributed by atoms with E-state index in [-0.39, 0.29) is 5.75 Å². The Bertz CT molecular complexity index is 383. The molecule has 0 saturated carbocycles. The van der Waals surface area contributed by atoms with E-state index in [1.807, 2.05) is 18.2 Å². The van der Waals surface area contributed by atoms with Gasteiger partial charge in [0.25, 0.3) is 0 Å². The molecule has 2 rings (SSSR count). The molecule has 0 saturated heterocycles. The monoisotopic (exact) mass is 172 g/mol. The summed E-state index contributed by atoms with van der Waals surface area (Å²) < 4.78 is 0. The Morgan fingerprint density at radius 1 is 1.00 bits per heavy atom. The zero-order chi connectivity index (χ0) is 9.10. The Morgan fingerprint density at radius 2 is 1.77 bits per heavy atom. The van der Waals surface area contributed by atoms with Crippen LogP contribution < -0.4 is 0 Å². The summed E-state index contributed by atoms with van der Waals surface area (Å²) in [7, 11) is 0. The van der Waals surface area contributed by atoms with Crippen LogP contribution >= 0.6 is 0 Å². The predicted octanol–water partition coefficient (Wildman–Crippen LogP) is 1.85. The largest absolute Gasteiger partial charge is 0.508 e. The second kappa shape index (κ2) is 3.23. The SMILES string of the molecule is Oc1ccc(-c2ccncn2)cc1. The topological polar surface area (TPSA) is 46.0 Å². The van der Waals surface area contributed by atoms with Crippen LogP contribution in [0.15, 0.2) is 42.9 Å². The summed E-state index contributed by atoms with van der Waals surface area (Å²) in [5, 5.41) is 9.07. The minimum absolute atomic E-state index is 0.262. The zero-order valence-electron chi connectivity index (χ0n) is 6.88. The third-order valence-corrected chi connectivity index (χ3v) is 1.75. The molecule has 13 heavy (non-hydrogen) atoms. The molecule has 0 spiro atoms. The first-order valence-corrected chi connectivity index (χ1v) is 3.92. The number of aromatic hydroxyl groups is 1. The van der Waals surface area contributed by atoms with Crippen LogP contribution in [0.2, 0.25) is 0 Å². The van der Waals surface area contributed by atoms with E-state index >= 15 is 0 Å². The van der Waals surface area contributed by atoms with Crippen LogP contribution in [0.4, 0.5) is 0 Å². The lowest BCUT2D eigenvalue weighted by Crippen LogP contribution is -1.82. The molecule has 1 aromatic carbocycles. The quantitative estimate of drug-likeness (QED) is 0.714. The van der Waals surface area contributed by atoms with Gasteiger partial charge in [0.2, 0.25) is 0 Å². The predicted molar refractivity (Wildman–Crippen MR) is 49.1 cm³/mol. The first-order chi connectivity index (χ1) is 6.36. The molecule has 0 aliphatic heterocycles. The molecule has 0 aliphatic carbocycles. The fourth-order valence-corrected chi connectivity index (χ4v) is 1.09. The highest BCUT2D eigenvalue weighted by atomic mass is 16.3. The molecule has 0 atom stereocenters. The molecule has 0 amide bonds. The van der Waals surface area contributed by atoms with Crippen LogP contribution in [-0.2, 0) is 0 Å². The van der Waals surface area contributed by atoms with Gasteiger partial charge in [-0.15, -0.1) is 0 Å². The van der Waals surface area contributed by atoms with Crippen LogP contribution in [-0.4, -0.2) is 15.1 Å². The van der Waals surface area contributed by atoms with E-state index < -0.39 is 0 Å². The van der Waals surface area contributed by atoms with Crippen molar-refractivity contribution >= 4 is 0 Å². The molecule has 64 valence electrons. The van der Waals surface area contributed by atoms with E-state index in [0.717, 1.165) is 11.3 Å². The maximum Gasteiger partial charge on any atom is 0.116 e. The molecule has 0 aliphatic rings. The Kier molecular flexibility index (Phi) is 1.92. The van der Waals surface area contributed by atoms with E-state index in [4.69, 9.17) is 5.11 Å². The lowest BCUT2D eigenvalue weighted by Gasteiger charge is -1.98. The molecule has 0 unspecified atom stereocenters. The minimum atomic E-state index is 0.262. The summed E-state index contributed by atoms with van der Waals surface area (Å²) in [6, 6.07) is 8.73. The Hall–Kier alpha value is -1.90. The Balaban J connectivity index is 2.42. The number of benzene rings is 1. The van der Waals surface area contributed by atoms with Crippen LogP contribution in [0.25, 0.3) is 11.3 Å². The minimum Gasteiger partial charge on any atom is -0.508 e. The highest BCUT2D eigenvalue weighted by molar-refractivity contribution is 5.59. The summed E-state index contributed by atoms with van der Waals surface area (Å²) >= 11 is 0. The fourth-order valence-electron chi connectivity index (χ4n) is 1.09. The molecule has 2 aromatic rings. The molecule has 3 heteroatoms. The van der Waals surface area contributed by atoms with Crippen molar-refractivity contribution < 1.29 is 5.11 Å². The summed E-state index contributed by atoms with van der Waals surface area (Å²) in [4.78, 5) is 7.91. The highest BCUT2D eigenvalue weighted by Gasteiger charge is 1.96. The first kappa shape index (κ1) is 7.73. The average Bonchev–Trinajstić information content (AvgIpc) is 2.20. The van der Waals surface area contributed by atoms with Gasteiger partial charge in [-0.05, 0) is 30.3 Å². The molecule has 1 aromatic heterocycles. The number of aromatic nitrogens is 2. The van der Waals surface area contributed by atoms with Crippen molar-refractivity contribution in [1.29, 1.82) is 0 Å². The van der Waals surface area contributed by atoms with E-state index in [9.17, 15) is 0 Å². The van der Waals surface area contributed by atoms with Gasteiger partial charge in [-0.3, -0.25) is 0 Å². The normalized spacial score (nSPS) is 9.85. The van der Waals surface area contributed by atoms with Crippen molar-refractivity contribution in [2.75, 3.05) is 0 Å². The number of hydrogen-bond donors (Lipinski definition) is 1. The summed E-state index contributed by atoms with van der Waals surface area (Å²) in [6.45, 7) is 0. The molecular formula is C10H8N2O. The van der Waals surface area contributed by atoms with Crippen molar-refractivity contribution in [3.05, 3.63) is 42.9 Å². The average molecular weight is 172 g/mol. The van der Waals surface area contributed by atoms with Crippen molar-refractivity contribution in [1.82, 2.24) is 9.97 Å².